The van der Waals surface area contributed by atoms with Crippen molar-refractivity contribution in [2.75, 3.05) is 0 Å². The zero-order valence-corrected chi connectivity index (χ0v) is 10.5. The molecule has 0 fully saturated rings. The third-order valence-electron chi connectivity index (χ3n) is 2.58. The summed E-state index contributed by atoms with van der Waals surface area (Å²) >= 11 is 0. The molecule has 100 valence electrons. The van der Waals surface area contributed by atoms with Gasteiger partial charge in [-0.3, -0.25) is 15.1 Å². The van der Waals surface area contributed by atoms with Gasteiger partial charge in [-0.25, -0.2) is 0 Å². The lowest BCUT2D eigenvalue weighted by Gasteiger charge is -1.95. The lowest BCUT2D eigenvalue weighted by Crippen LogP contribution is -1.85. The quantitative estimate of drug-likeness (QED) is 0.521. The molecule has 0 bridgehead atoms. The molecule has 0 saturated carbocycles. The number of hydrogen-bond donors (Lipinski definition) is 1. The molecular weight excluding hydrogens is 256 g/mol. The second-order valence-corrected chi connectivity index (χ2v) is 3.97. The van der Waals surface area contributed by atoms with Crippen LogP contribution in [0.25, 0.3) is 6.08 Å². The van der Waals surface area contributed by atoms with Crippen molar-refractivity contribution >= 4 is 23.7 Å². The van der Waals surface area contributed by atoms with Crippen LogP contribution in [-0.4, -0.2) is 16.2 Å². The molecule has 5 nitrogen and oxygen atoms in total. The van der Waals surface area contributed by atoms with Gasteiger partial charge in [0.2, 0.25) is 0 Å². The smallest absolute Gasteiger partial charge is 0.269 e. The Balaban J connectivity index is 2.03. The van der Waals surface area contributed by atoms with Crippen LogP contribution in [0.1, 0.15) is 5.56 Å². The summed E-state index contributed by atoms with van der Waals surface area (Å²) in [4.78, 5) is 14.2. The van der Waals surface area contributed by atoms with Gasteiger partial charge in [0.05, 0.1) is 10.6 Å². The monoisotopic (exact) mass is 268 g/mol. The van der Waals surface area contributed by atoms with Crippen LogP contribution in [0.2, 0.25) is 0 Å². The van der Waals surface area contributed by atoms with Crippen LogP contribution in [0.15, 0.2) is 59.6 Å². The third kappa shape index (κ3) is 3.52. The third-order valence-corrected chi connectivity index (χ3v) is 2.58. The van der Waals surface area contributed by atoms with Crippen molar-refractivity contribution < 1.29 is 10.0 Å². The number of aliphatic imine (C=N–C) groups is 1. The van der Waals surface area contributed by atoms with E-state index in [-0.39, 0.29) is 11.4 Å². The highest BCUT2D eigenvalue weighted by atomic mass is 16.6. The van der Waals surface area contributed by atoms with E-state index in [1.165, 1.54) is 12.1 Å². The Kier molecular flexibility index (Phi) is 4.24. The molecule has 0 heterocycles. The number of benzene rings is 2. The lowest BCUT2D eigenvalue weighted by atomic mass is 10.2. The fraction of sp³-hybridized carbons (Fsp3) is 0. The Hall–Kier alpha value is -2.95. The standard InChI is InChI=1S/C15H12N2O3/c18-15-6-2-1-4-12(15)5-3-11-16-13-7-9-14(10-8-13)17(19)20/h1-11,18H/b5-3+,16-11?. The van der Waals surface area contributed by atoms with Gasteiger partial charge in [-0.05, 0) is 30.4 Å². The highest BCUT2D eigenvalue weighted by Gasteiger charge is 2.02. The summed E-state index contributed by atoms with van der Waals surface area (Å²) in [6.45, 7) is 0. The van der Waals surface area contributed by atoms with Crippen molar-refractivity contribution in [2.45, 2.75) is 0 Å². The van der Waals surface area contributed by atoms with Gasteiger partial charge in [0, 0.05) is 23.9 Å². The molecule has 0 spiro atoms. The second-order valence-electron chi connectivity index (χ2n) is 3.97. The normalized spacial score (nSPS) is 11.2. The number of nitro groups is 1. The van der Waals surface area contributed by atoms with E-state index in [1.54, 1.807) is 48.7 Å². The number of allylic oxidation sites excluding steroid dienone is 1. The van der Waals surface area contributed by atoms with Gasteiger partial charge in [0.1, 0.15) is 5.75 Å². The van der Waals surface area contributed by atoms with Gasteiger partial charge < -0.3 is 5.11 Å². The highest BCUT2D eigenvalue weighted by Crippen LogP contribution is 2.18. The fourth-order valence-electron chi connectivity index (χ4n) is 1.56. The van der Waals surface area contributed by atoms with E-state index in [9.17, 15) is 15.2 Å². The molecule has 0 saturated heterocycles. The summed E-state index contributed by atoms with van der Waals surface area (Å²) in [5.41, 5.74) is 1.36. The average molecular weight is 268 g/mol. The van der Waals surface area contributed by atoms with E-state index < -0.39 is 4.92 Å². The van der Waals surface area contributed by atoms with Crippen molar-refractivity contribution in [3.63, 3.8) is 0 Å². The molecule has 0 amide bonds. The first kappa shape index (κ1) is 13.5. The number of phenols is 1. The van der Waals surface area contributed by atoms with Crippen molar-refractivity contribution in [2.24, 2.45) is 4.99 Å². The molecule has 0 aromatic heterocycles. The van der Waals surface area contributed by atoms with Gasteiger partial charge in [-0.1, -0.05) is 18.2 Å². The Bertz CT molecular complexity index is 661. The molecule has 20 heavy (non-hydrogen) atoms. The number of nitrogens with zero attached hydrogens (tertiary/aromatic N) is 2. The summed E-state index contributed by atoms with van der Waals surface area (Å²) in [5.74, 6) is 0.201. The van der Waals surface area contributed by atoms with Crippen LogP contribution < -0.4 is 0 Å². The Morgan fingerprint density at radius 2 is 1.80 bits per heavy atom. The van der Waals surface area contributed by atoms with Crippen LogP contribution in [0, 0.1) is 10.1 Å². The molecule has 2 aromatic carbocycles. The molecule has 2 aromatic rings. The first-order valence-electron chi connectivity index (χ1n) is 5.90. The molecule has 0 aliphatic carbocycles. The summed E-state index contributed by atoms with van der Waals surface area (Å²) in [5, 5.41) is 20.0. The molecular formula is C15H12N2O3. The van der Waals surface area contributed by atoms with Crippen LogP contribution in [0.4, 0.5) is 11.4 Å². The molecule has 0 radical (unpaired) electrons. The number of nitro benzene ring substituents is 1. The first-order chi connectivity index (χ1) is 9.66. The van der Waals surface area contributed by atoms with E-state index in [4.69, 9.17) is 0 Å². The maximum absolute atomic E-state index is 10.5. The van der Waals surface area contributed by atoms with Crippen LogP contribution in [0.5, 0.6) is 5.75 Å². The highest BCUT2D eigenvalue weighted by molar-refractivity contribution is 5.81. The number of aromatic hydroxyl groups is 1. The van der Waals surface area contributed by atoms with E-state index in [1.807, 2.05) is 6.07 Å². The Morgan fingerprint density at radius 3 is 2.45 bits per heavy atom. The average Bonchev–Trinajstić information content (AvgIpc) is 2.46. The summed E-state index contributed by atoms with van der Waals surface area (Å²) in [6, 6.07) is 12.9. The van der Waals surface area contributed by atoms with Crippen molar-refractivity contribution in [3.05, 3.63) is 70.3 Å². The number of rotatable bonds is 4. The van der Waals surface area contributed by atoms with Crippen molar-refractivity contribution in [3.8, 4) is 5.75 Å². The Labute approximate surface area is 115 Å². The molecule has 0 aliphatic heterocycles. The minimum Gasteiger partial charge on any atom is -0.507 e. The minimum absolute atomic E-state index is 0.0358. The van der Waals surface area contributed by atoms with Crippen molar-refractivity contribution in [1.82, 2.24) is 0 Å². The fourth-order valence-corrected chi connectivity index (χ4v) is 1.56. The minimum atomic E-state index is -0.453. The van der Waals surface area contributed by atoms with Crippen LogP contribution in [0.3, 0.4) is 0 Å². The molecule has 2 rings (SSSR count). The Morgan fingerprint density at radius 1 is 1.10 bits per heavy atom. The SMILES string of the molecule is O=[N+]([O-])c1ccc(N=C/C=C/c2ccccc2O)cc1. The van der Waals surface area contributed by atoms with Gasteiger partial charge in [-0.2, -0.15) is 0 Å². The van der Waals surface area contributed by atoms with Gasteiger partial charge in [0.15, 0.2) is 0 Å². The molecule has 0 aliphatic rings. The maximum Gasteiger partial charge on any atom is 0.269 e. The lowest BCUT2D eigenvalue weighted by molar-refractivity contribution is -0.384. The first-order valence-corrected chi connectivity index (χ1v) is 5.90. The second kappa shape index (κ2) is 6.29. The number of hydrogen-bond acceptors (Lipinski definition) is 4. The molecule has 1 N–H and O–H groups in total. The van der Waals surface area contributed by atoms with E-state index in [0.717, 1.165) is 0 Å². The van der Waals surface area contributed by atoms with E-state index in [0.29, 0.717) is 11.3 Å². The van der Waals surface area contributed by atoms with Gasteiger partial charge in [-0.15, -0.1) is 0 Å². The predicted molar refractivity (Wildman–Crippen MR) is 78.4 cm³/mol. The van der Waals surface area contributed by atoms with Crippen LogP contribution in [-0.2, 0) is 0 Å². The summed E-state index contributed by atoms with van der Waals surface area (Å²) in [7, 11) is 0. The zero-order valence-electron chi connectivity index (χ0n) is 10.5. The summed E-state index contributed by atoms with van der Waals surface area (Å²) < 4.78 is 0. The molecule has 0 atom stereocenters. The summed E-state index contributed by atoms with van der Waals surface area (Å²) in [6.07, 6.45) is 4.98. The van der Waals surface area contributed by atoms with Crippen molar-refractivity contribution in [1.29, 1.82) is 0 Å². The van der Waals surface area contributed by atoms with E-state index >= 15 is 0 Å². The topological polar surface area (TPSA) is 75.7 Å². The number of phenolic OH excluding ortho intramolecular Hbond substituents is 1. The van der Waals surface area contributed by atoms with Gasteiger partial charge in [0.25, 0.3) is 5.69 Å². The zero-order chi connectivity index (χ0) is 14.4. The van der Waals surface area contributed by atoms with Crippen LogP contribution >= 0.6 is 0 Å². The van der Waals surface area contributed by atoms with Gasteiger partial charge >= 0.3 is 0 Å². The molecule has 5 heteroatoms. The number of non-ortho nitro benzene ring substituents is 1. The predicted octanol–water partition coefficient (Wildman–Crippen LogP) is 3.72. The largest absolute Gasteiger partial charge is 0.507 e. The van der Waals surface area contributed by atoms with E-state index in [2.05, 4.69) is 4.99 Å². The maximum atomic E-state index is 10.5. The molecule has 0 unspecified atom stereocenters. The number of para-hydroxylation sites is 1.